The Morgan fingerprint density at radius 1 is 1.14 bits per heavy atom. The fourth-order valence-corrected chi connectivity index (χ4v) is 8.32. The van der Waals surface area contributed by atoms with Crippen LogP contribution >= 0.6 is 0 Å². The van der Waals surface area contributed by atoms with Crippen LogP contribution in [0.1, 0.15) is 98.8 Å². The molecule has 3 saturated carbocycles. The fraction of sp³-hybridized carbons (Fsp3) is 0.926. The summed E-state index contributed by atoms with van der Waals surface area (Å²) in [5, 5.41) is 10.5. The number of hydrogen-bond donors (Lipinski definition) is 1. The Morgan fingerprint density at radius 2 is 1.90 bits per heavy atom. The van der Waals surface area contributed by atoms with Gasteiger partial charge in [0.15, 0.2) is 0 Å². The molecule has 0 spiro atoms. The Kier molecular flexibility index (Phi) is 5.76. The molecule has 2 heteroatoms. The van der Waals surface area contributed by atoms with E-state index in [-0.39, 0.29) is 0 Å². The summed E-state index contributed by atoms with van der Waals surface area (Å²) in [4.78, 5) is 0. The van der Waals surface area contributed by atoms with Crippen LogP contribution in [0.25, 0.3) is 0 Å². The summed E-state index contributed by atoms with van der Waals surface area (Å²) in [5.41, 5.74) is 1.30. The van der Waals surface area contributed by atoms with E-state index in [0.717, 1.165) is 36.0 Å². The van der Waals surface area contributed by atoms with Crippen molar-refractivity contribution in [2.24, 2.45) is 46.3 Å². The molecule has 1 N–H and O–H groups in total. The molecule has 0 aromatic carbocycles. The van der Waals surface area contributed by atoms with Crippen molar-refractivity contribution in [3.8, 4) is 0 Å². The van der Waals surface area contributed by atoms with Crippen molar-refractivity contribution in [1.82, 2.24) is 0 Å². The summed E-state index contributed by atoms with van der Waals surface area (Å²) in [6, 6.07) is 0. The van der Waals surface area contributed by atoms with E-state index < -0.39 is 12.3 Å². The lowest BCUT2D eigenvalue weighted by Crippen LogP contribution is -2.48. The second-order valence-corrected chi connectivity index (χ2v) is 12.9. The lowest BCUT2D eigenvalue weighted by Gasteiger charge is -2.55. The van der Waals surface area contributed by atoms with E-state index in [2.05, 4.69) is 40.7 Å². The van der Waals surface area contributed by atoms with Gasteiger partial charge in [-0.3, -0.25) is 0 Å². The quantitative estimate of drug-likeness (QED) is 0.486. The molecular weight excluding hydrogens is 359 g/mol. The molecule has 1 nitrogen and oxygen atoms in total. The van der Waals surface area contributed by atoms with Crippen LogP contribution in [0.3, 0.4) is 0 Å². The third-order valence-corrected chi connectivity index (χ3v) is 9.95. The maximum atomic E-state index is 13.4. The predicted octanol–water partition coefficient (Wildman–Crippen LogP) is 7.34. The van der Waals surface area contributed by atoms with Gasteiger partial charge >= 0.3 is 0 Å². The monoisotopic (exact) mass is 404 g/mol. The van der Waals surface area contributed by atoms with Crippen LogP contribution in [0.15, 0.2) is 11.6 Å². The van der Waals surface area contributed by atoms with Crippen molar-refractivity contribution >= 4 is 0 Å². The molecule has 8 atom stereocenters. The maximum Gasteiger partial charge on any atom is 0.118 e. The molecule has 4 aliphatic carbocycles. The highest BCUT2D eigenvalue weighted by atomic mass is 19.1. The number of alkyl halides is 1. The molecule has 0 aromatic rings. The number of aliphatic hydroxyl groups is 1. The Balaban J connectivity index is 1.48. The first kappa shape index (κ1) is 21.8. The van der Waals surface area contributed by atoms with Crippen molar-refractivity contribution < 1.29 is 9.50 Å². The third kappa shape index (κ3) is 3.97. The molecule has 4 unspecified atom stereocenters. The average Bonchev–Trinajstić information content (AvgIpc) is 3.02. The molecule has 0 amide bonds. The number of hydrogen-bond acceptors (Lipinski definition) is 1. The smallest absolute Gasteiger partial charge is 0.118 e. The minimum atomic E-state index is -1.07. The molecule has 4 aliphatic rings. The number of allylic oxidation sites excluding steroid dienone is 1. The number of rotatable bonds is 4. The summed E-state index contributed by atoms with van der Waals surface area (Å²) >= 11 is 0. The van der Waals surface area contributed by atoms with Gasteiger partial charge in [-0.05, 0) is 111 Å². The van der Waals surface area contributed by atoms with Crippen LogP contribution in [0.2, 0.25) is 0 Å². The maximum absolute atomic E-state index is 13.4. The summed E-state index contributed by atoms with van der Waals surface area (Å²) in [5.74, 6) is 4.86. The van der Waals surface area contributed by atoms with Crippen molar-refractivity contribution in [1.29, 1.82) is 0 Å². The van der Waals surface area contributed by atoms with Crippen LogP contribution in [0.4, 0.5) is 4.39 Å². The van der Waals surface area contributed by atoms with Crippen molar-refractivity contribution in [2.45, 2.75) is 104 Å². The lowest BCUT2D eigenvalue weighted by atomic mass is 9.50. The molecule has 3 fully saturated rings. The van der Waals surface area contributed by atoms with Crippen LogP contribution in [0, 0.1) is 46.3 Å². The van der Waals surface area contributed by atoms with E-state index in [1.54, 1.807) is 0 Å². The Morgan fingerprint density at radius 3 is 2.59 bits per heavy atom. The molecular formula is C27H45FO. The number of fused-ring (bicyclic) bond motifs is 5. The standard InChI is InChI=1S/C27H45FO/c1-18(10-13-25(2,3)4)23-8-9-24-22-7-6-19-16-27(29,17-28)15-12-20(19)21(22)11-14-26(23,24)5/h6,18,20-24,29H,7-17H2,1-5H3/t18?,20-,21?,22?,23+,24?,26+,27-/m0/s1. The summed E-state index contributed by atoms with van der Waals surface area (Å²) < 4.78 is 13.4. The van der Waals surface area contributed by atoms with Crippen molar-refractivity contribution in [2.75, 3.05) is 6.67 Å². The van der Waals surface area contributed by atoms with E-state index in [0.29, 0.717) is 29.6 Å². The Labute approximate surface area is 178 Å². The van der Waals surface area contributed by atoms with E-state index in [4.69, 9.17) is 0 Å². The van der Waals surface area contributed by atoms with Gasteiger partial charge in [-0.1, -0.05) is 46.3 Å². The van der Waals surface area contributed by atoms with Gasteiger partial charge in [-0.2, -0.15) is 0 Å². The molecule has 29 heavy (non-hydrogen) atoms. The Hall–Kier alpha value is -0.370. The highest BCUT2D eigenvalue weighted by molar-refractivity contribution is 5.22. The zero-order chi connectivity index (χ0) is 21.0. The van der Waals surface area contributed by atoms with Crippen LogP contribution < -0.4 is 0 Å². The first-order valence-electron chi connectivity index (χ1n) is 12.5. The van der Waals surface area contributed by atoms with Crippen molar-refractivity contribution in [3.63, 3.8) is 0 Å². The second-order valence-electron chi connectivity index (χ2n) is 12.9. The second kappa shape index (κ2) is 7.64. The van der Waals surface area contributed by atoms with Crippen LogP contribution in [-0.4, -0.2) is 17.4 Å². The topological polar surface area (TPSA) is 20.2 Å². The zero-order valence-corrected chi connectivity index (χ0v) is 19.6. The van der Waals surface area contributed by atoms with E-state index >= 15 is 0 Å². The summed E-state index contributed by atoms with van der Waals surface area (Å²) in [6.45, 7) is 11.7. The molecule has 166 valence electrons. The molecule has 0 bridgehead atoms. The highest BCUT2D eigenvalue weighted by Crippen LogP contribution is 2.65. The SMILES string of the molecule is CC(CCC(C)(C)C)[C@H]1CCC2C3CC=C4C[C@](O)(CF)CC[C@@H]4C3CC[C@@]21C. The third-order valence-electron chi connectivity index (χ3n) is 9.95. The molecule has 0 aliphatic heterocycles. The minimum Gasteiger partial charge on any atom is -0.387 e. The van der Waals surface area contributed by atoms with Gasteiger partial charge in [0.25, 0.3) is 0 Å². The van der Waals surface area contributed by atoms with Gasteiger partial charge in [-0.25, -0.2) is 4.39 Å². The summed E-state index contributed by atoms with van der Waals surface area (Å²) in [6.07, 6.45) is 14.2. The van der Waals surface area contributed by atoms with E-state index in [1.165, 1.54) is 50.5 Å². The lowest BCUT2D eigenvalue weighted by molar-refractivity contribution is -0.0516. The largest absolute Gasteiger partial charge is 0.387 e. The normalized spacial score (nSPS) is 45.8. The Bertz CT molecular complexity index is 633. The molecule has 0 heterocycles. The van der Waals surface area contributed by atoms with Gasteiger partial charge in [0.1, 0.15) is 6.67 Å². The highest BCUT2D eigenvalue weighted by Gasteiger charge is 2.57. The molecule has 0 saturated heterocycles. The molecule has 0 aromatic heterocycles. The fourth-order valence-electron chi connectivity index (χ4n) is 8.32. The molecule has 4 rings (SSSR count). The first-order chi connectivity index (χ1) is 13.6. The van der Waals surface area contributed by atoms with E-state index in [9.17, 15) is 9.50 Å². The van der Waals surface area contributed by atoms with Crippen LogP contribution in [0.5, 0.6) is 0 Å². The predicted molar refractivity (Wildman–Crippen MR) is 119 cm³/mol. The van der Waals surface area contributed by atoms with Gasteiger partial charge < -0.3 is 5.11 Å². The van der Waals surface area contributed by atoms with Gasteiger partial charge in [0, 0.05) is 0 Å². The first-order valence-corrected chi connectivity index (χ1v) is 12.5. The van der Waals surface area contributed by atoms with Gasteiger partial charge in [-0.15, -0.1) is 0 Å². The summed E-state index contributed by atoms with van der Waals surface area (Å²) in [7, 11) is 0. The average molecular weight is 405 g/mol. The van der Waals surface area contributed by atoms with E-state index in [1.807, 2.05) is 0 Å². The number of halogens is 1. The zero-order valence-electron chi connectivity index (χ0n) is 19.6. The van der Waals surface area contributed by atoms with Gasteiger partial charge in [0.05, 0.1) is 5.60 Å². The molecule has 0 radical (unpaired) electrons. The minimum absolute atomic E-state index is 0.442. The van der Waals surface area contributed by atoms with Crippen molar-refractivity contribution in [3.05, 3.63) is 11.6 Å². The van der Waals surface area contributed by atoms with Crippen LogP contribution in [-0.2, 0) is 0 Å². The van der Waals surface area contributed by atoms with Gasteiger partial charge in [0.2, 0.25) is 0 Å².